The summed E-state index contributed by atoms with van der Waals surface area (Å²) in [4.78, 5) is 8.94. The number of pyridine rings is 1. The third-order valence-electron chi connectivity index (χ3n) is 4.69. The number of rotatable bonds is 5. The largest absolute Gasteiger partial charge is 0.438 e. The maximum absolute atomic E-state index is 6.03. The Morgan fingerprint density at radius 2 is 1.85 bits per heavy atom. The van der Waals surface area contributed by atoms with Crippen molar-refractivity contribution in [2.75, 3.05) is 19.8 Å². The molecule has 3 heterocycles. The summed E-state index contributed by atoms with van der Waals surface area (Å²) >= 11 is 0. The maximum atomic E-state index is 6.03. The third kappa shape index (κ3) is 3.95. The molecular formula is C19H21ClN4O3. The molecule has 0 atom stereocenters. The van der Waals surface area contributed by atoms with Crippen LogP contribution < -0.4 is 10.5 Å². The van der Waals surface area contributed by atoms with E-state index in [1.54, 1.807) is 6.20 Å². The van der Waals surface area contributed by atoms with Gasteiger partial charge in [-0.15, -0.1) is 12.4 Å². The highest BCUT2D eigenvalue weighted by atomic mass is 35.5. The Morgan fingerprint density at radius 1 is 1.07 bits per heavy atom. The first-order valence-corrected chi connectivity index (χ1v) is 8.61. The van der Waals surface area contributed by atoms with Gasteiger partial charge in [-0.05, 0) is 37.1 Å². The fourth-order valence-electron chi connectivity index (χ4n) is 3.06. The van der Waals surface area contributed by atoms with Crippen molar-refractivity contribution in [1.29, 1.82) is 0 Å². The summed E-state index contributed by atoms with van der Waals surface area (Å²) in [6.45, 7) is 1.73. The van der Waals surface area contributed by atoms with E-state index in [2.05, 4.69) is 15.1 Å². The second kappa shape index (κ2) is 8.47. The first-order chi connectivity index (χ1) is 12.8. The molecule has 3 aromatic rings. The molecular weight excluding hydrogens is 368 g/mol. The highest BCUT2D eigenvalue weighted by molar-refractivity contribution is 5.85. The minimum Gasteiger partial charge on any atom is -0.438 e. The third-order valence-corrected chi connectivity index (χ3v) is 4.69. The van der Waals surface area contributed by atoms with Crippen molar-refractivity contribution < 1.29 is 14.0 Å². The SMILES string of the molecule is Cl.NCC1(c2nc(-c3cccnc3Oc3ccccc3)no2)CCOCC1. The Balaban J connectivity index is 0.00000210. The molecule has 0 radical (unpaired) electrons. The van der Waals surface area contributed by atoms with E-state index in [4.69, 9.17) is 19.7 Å². The lowest BCUT2D eigenvalue weighted by molar-refractivity contribution is 0.0409. The summed E-state index contributed by atoms with van der Waals surface area (Å²) < 4.78 is 16.9. The van der Waals surface area contributed by atoms with E-state index in [1.165, 1.54) is 0 Å². The Labute approximate surface area is 163 Å². The second-order valence-electron chi connectivity index (χ2n) is 6.29. The molecule has 0 spiro atoms. The normalized spacial score (nSPS) is 15.7. The Kier molecular flexibility index (Phi) is 6.05. The lowest BCUT2D eigenvalue weighted by Gasteiger charge is -2.32. The van der Waals surface area contributed by atoms with Crippen LogP contribution in [-0.4, -0.2) is 34.9 Å². The van der Waals surface area contributed by atoms with Gasteiger partial charge >= 0.3 is 0 Å². The average molecular weight is 389 g/mol. The predicted octanol–water partition coefficient (Wildman–Crippen LogP) is 3.35. The van der Waals surface area contributed by atoms with E-state index in [1.807, 2.05) is 42.5 Å². The zero-order chi connectivity index (χ0) is 17.8. The van der Waals surface area contributed by atoms with Crippen molar-refractivity contribution in [2.24, 2.45) is 5.73 Å². The van der Waals surface area contributed by atoms with Crippen molar-refractivity contribution in [3.05, 3.63) is 54.6 Å². The first-order valence-electron chi connectivity index (χ1n) is 8.61. The minimum absolute atomic E-state index is 0. The summed E-state index contributed by atoms with van der Waals surface area (Å²) in [7, 11) is 0. The van der Waals surface area contributed by atoms with Crippen molar-refractivity contribution >= 4 is 12.4 Å². The highest BCUT2D eigenvalue weighted by Crippen LogP contribution is 2.35. The molecule has 142 valence electrons. The van der Waals surface area contributed by atoms with Crippen LogP contribution in [0.5, 0.6) is 11.6 Å². The Hall–Kier alpha value is -2.48. The summed E-state index contributed by atoms with van der Waals surface area (Å²) in [5.41, 5.74) is 6.37. The Morgan fingerprint density at radius 3 is 2.59 bits per heavy atom. The monoisotopic (exact) mass is 388 g/mol. The summed E-state index contributed by atoms with van der Waals surface area (Å²) in [6, 6.07) is 13.1. The van der Waals surface area contributed by atoms with Crippen LogP contribution in [0.25, 0.3) is 11.4 Å². The van der Waals surface area contributed by atoms with Gasteiger partial charge in [0.1, 0.15) is 5.75 Å². The lowest BCUT2D eigenvalue weighted by atomic mass is 9.80. The average Bonchev–Trinajstić information content (AvgIpc) is 3.20. The maximum Gasteiger partial charge on any atom is 0.234 e. The van der Waals surface area contributed by atoms with E-state index in [0.29, 0.717) is 48.7 Å². The predicted molar refractivity (Wildman–Crippen MR) is 102 cm³/mol. The summed E-state index contributed by atoms with van der Waals surface area (Å²) in [6.07, 6.45) is 3.21. The molecule has 0 saturated carbocycles. The van der Waals surface area contributed by atoms with Crippen molar-refractivity contribution in [2.45, 2.75) is 18.3 Å². The van der Waals surface area contributed by atoms with E-state index in [9.17, 15) is 0 Å². The molecule has 1 fully saturated rings. The molecule has 1 aromatic carbocycles. The van der Waals surface area contributed by atoms with Crippen LogP contribution in [0.2, 0.25) is 0 Å². The van der Waals surface area contributed by atoms with Gasteiger partial charge in [0.2, 0.25) is 17.6 Å². The topological polar surface area (TPSA) is 96.3 Å². The van der Waals surface area contributed by atoms with Crippen LogP contribution in [0.15, 0.2) is 53.2 Å². The summed E-state index contributed by atoms with van der Waals surface area (Å²) in [5, 5.41) is 4.15. The van der Waals surface area contributed by atoms with E-state index < -0.39 is 0 Å². The molecule has 0 bridgehead atoms. The summed E-state index contributed by atoms with van der Waals surface area (Å²) in [5.74, 6) is 2.12. The van der Waals surface area contributed by atoms with Gasteiger partial charge in [0.25, 0.3) is 0 Å². The second-order valence-corrected chi connectivity index (χ2v) is 6.29. The Bertz CT molecular complexity index is 866. The zero-order valence-corrected chi connectivity index (χ0v) is 15.5. The molecule has 8 heteroatoms. The molecule has 1 saturated heterocycles. The minimum atomic E-state index is -0.327. The molecule has 2 aromatic heterocycles. The molecule has 0 unspecified atom stereocenters. The van der Waals surface area contributed by atoms with Gasteiger partial charge in [-0.25, -0.2) is 4.98 Å². The van der Waals surface area contributed by atoms with Gasteiger partial charge in [-0.2, -0.15) is 4.98 Å². The number of ether oxygens (including phenoxy) is 2. The van der Waals surface area contributed by atoms with Gasteiger partial charge in [0.05, 0.1) is 11.0 Å². The first kappa shape index (κ1) is 19.3. The fraction of sp³-hybridized carbons (Fsp3) is 0.316. The number of aromatic nitrogens is 3. The van der Waals surface area contributed by atoms with Crippen LogP contribution in [0.1, 0.15) is 18.7 Å². The lowest BCUT2D eigenvalue weighted by Crippen LogP contribution is -2.40. The van der Waals surface area contributed by atoms with Gasteiger partial charge in [-0.3, -0.25) is 0 Å². The van der Waals surface area contributed by atoms with Gasteiger partial charge < -0.3 is 19.7 Å². The van der Waals surface area contributed by atoms with Crippen LogP contribution in [0.3, 0.4) is 0 Å². The number of hydrogen-bond acceptors (Lipinski definition) is 7. The number of nitrogens with two attached hydrogens (primary N) is 1. The number of nitrogens with zero attached hydrogens (tertiary/aromatic N) is 3. The molecule has 2 N–H and O–H groups in total. The van der Waals surface area contributed by atoms with E-state index >= 15 is 0 Å². The van der Waals surface area contributed by atoms with Gasteiger partial charge in [-0.1, -0.05) is 23.4 Å². The molecule has 7 nitrogen and oxygen atoms in total. The van der Waals surface area contributed by atoms with Crippen molar-refractivity contribution in [3.63, 3.8) is 0 Å². The van der Waals surface area contributed by atoms with Crippen LogP contribution >= 0.6 is 12.4 Å². The smallest absolute Gasteiger partial charge is 0.234 e. The molecule has 4 rings (SSSR count). The molecule has 0 aliphatic carbocycles. The molecule has 1 aliphatic rings. The molecule has 0 amide bonds. The molecule has 1 aliphatic heterocycles. The number of hydrogen-bond donors (Lipinski definition) is 1. The standard InChI is InChI=1S/C19H20N4O3.ClH/c20-13-19(8-11-24-12-9-19)18-22-16(23-26-18)15-7-4-10-21-17(15)25-14-5-2-1-3-6-14;/h1-7,10H,8-9,11-13,20H2;1H. The van der Waals surface area contributed by atoms with E-state index in [-0.39, 0.29) is 17.8 Å². The number of halogens is 1. The number of benzene rings is 1. The van der Waals surface area contributed by atoms with E-state index in [0.717, 1.165) is 12.8 Å². The van der Waals surface area contributed by atoms with Crippen LogP contribution in [0.4, 0.5) is 0 Å². The van der Waals surface area contributed by atoms with Crippen LogP contribution in [0, 0.1) is 0 Å². The van der Waals surface area contributed by atoms with Crippen LogP contribution in [-0.2, 0) is 10.2 Å². The molecule has 27 heavy (non-hydrogen) atoms. The number of para-hydroxylation sites is 1. The van der Waals surface area contributed by atoms with Crippen molar-refractivity contribution in [3.8, 4) is 23.0 Å². The fourth-order valence-corrected chi connectivity index (χ4v) is 3.06. The van der Waals surface area contributed by atoms with Gasteiger partial charge in [0.15, 0.2) is 0 Å². The van der Waals surface area contributed by atoms with Gasteiger partial charge in [0, 0.05) is 26.0 Å². The van der Waals surface area contributed by atoms with Crippen molar-refractivity contribution in [1.82, 2.24) is 15.1 Å². The quantitative estimate of drug-likeness (QED) is 0.715. The zero-order valence-electron chi connectivity index (χ0n) is 14.7. The highest BCUT2D eigenvalue weighted by Gasteiger charge is 2.39.